The fraction of sp³-hybridized carbons (Fsp3) is 0.500. The molecule has 1 aliphatic rings. The molecule has 0 N–H and O–H groups in total. The fourth-order valence-corrected chi connectivity index (χ4v) is 3.71. The van der Waals surface area contributed by atoms with Crippen molar-refractivity contribution in [2.75, 3.05) is 12.0 Å². The predicted octanol–water partition coefficient (Wildman–Crippen LogP) is 2.57. The van der Waals surface area contributed by atoms with Crippen LogP contribution in [0.2, 0.25) is 0 Å². The van der Waals surface area contributed by atoms with Gasteiger partial charge >= 0.3 is 0 Å². The Bertz CT molecular complexity index is 504. The van der Waals surface area contributed by atoms with Crippen LogP contribution in [-0.2, 0) is 0 Å². The Morgan fingerprint density at radius 2 is 2.38 bits per heavy atom. The maximum absolute atomic E-state index is 4.44. The van der Waals surface area contributed by atoms with E-state index in [1.54, 1.807) is 18.1 Å². The van der Waals surface area contributed by atoms with Gasteiger partial charge in [-0.15, -0.1) is 23.5 Å². The van der Waals surface area contributed by atoms with E-state index in [4.69, 9.17) is 0 Å². The SMILES string of the molecule is CSc1ncnc2c1ncn2[C@H]1CCCS1. The molecule has 4 nitrogen and oxygen atoms in total. The third-order valence-electron chi connectivity index (χ3n) is 2.73. The maximum atomic E-state index is 4.44. The van der Waals surface area contributed by atoms with Crippen LogP contribution < -0.4 is 0 Å². The van der Waals surface area contributed by atoms with Gasteiger partial charge < -0.3 is 4.57 Å². The van der Waals surface area contributed by atoms with Crippen LogP contribution in [0.1, 0.15) is 18.2 Å². The molecule has 0 spiro atoms. The minimum atomic E-state index is 0.509. The van der Waals surface area contributed by atoms with Gasteiger partial charge in [-0.1, -0.05) is 0 Å². The average molecular weight is 252 g/mol. The van der Waals surface area contributed by atoms with Crippen molar-refractivity contribution in [3.8, 4) is 0 Å². The van der Waals surface area contributed by atoms with Crippen molar-refractivity contribution in [3.63, 3.8) is 0 Å². The number of hydrogen-bond donors (Lipinski definition) is 0. The number of aromatic nitrogens is 4. The van der Waals surface area contributed by atoms with Crippen molar-refractivity contribution in [2.45, 2.75) is 23.2 Å². The first-order valence-electron chi connectivity index (χ1n) is 5.23. The highest BCUT2D eigenvalue weighted by atomic mass is 32.2. The van der Waals surface area contributed by atoms with E-state index in [1.165, 1.54) is 18.6 Å². The van der Waals surface area contributed by atoms with E-state index in [-0.39, 0.29) is 0 Å². The first-order valence-corrected chi connectivity index (χ1v) is 7.50. The van der Waals surface area contributed by atoms with Gasteiger partial charge in [0.05, 0.1) is 11.7 Å². The highest BCUT2D eigenvalue weighted by Gasteiger charge is 2.20. The minimum absolute atomic E-state index is 0.509. The largest absolute Gasteiger partial charge is 0.302 e. The van der Waals surface area contributed by atoms with Crippen LogP contribution in [0, 0.1) is 0 Å². The monoisotopic (exact) mass is 252 g/mol. The third-order valence-corrected chi connectivity index (χ3v) is 4.79. The molecule has 3 rings (SSSR count). The molecule has 1 aliphatic heterocycles. The molecule has 2 aromatic rings. The summed E-state index contributed by atoms with van der Waals surface area (Å²) in [6.07, 6.45) is 8.06. The molecule has 0 radical (unpaired) electrons. The van der Waals surface area contributed by atoms with Gasteiger partial charge in [0, 0.05) is 0 Å². The number of nitrogens with zero attached hydrogens (tertiary/aromatic N) is 4. The summed E-state index contributed by atoms with van der Waals surface area (Å²) in [6, 6.07) is 0. The summed E-state index contributed by atoms with van der Waals surface area (Å²) < 4.78 is 2.19. The molecule has 1 fully saturated rings. The van der Waals surface area contributed by atoms with Crippen LogP contribution in [0.5, 0.6) is 0 Å². The number of thioether (sulfide) groups is 2. The quantitative estimate of drug-likeness (QED) is 0.607. The van der Waals surface area contributed by atoms with Gasteiger partial charge in [0.1, 0.15) is 16.9 Å². The second-order valence-corrected chi connectivity index (χ2v) is 5.76. The summed E-state index contributed by atoms with van der Waals surface area (Å²) in [5, 5.41) is 1.47. The fourth-order valence-electron chi connectivity index (χ4n) is 1.97. The van der Waals surface area contributed by atoms with E-state index in [1.807, 2.05) is 24.3 Å². The molecule has 1 atom stereocenters. The Hall–Kier alpha value is -0.750. The van der Waals surface area contributed by atoms with Crippen molar-refractivity contribution < 1.29 is 0 Å². The van der Waals surface area contributed by atoms with Gasteiger partial charge in [0.2, 0.25) is 0 Å². The molecule has 0 amide bonds. The minimum Gasteiger partial charge on any atom is -0.302 e. The van der Waals surface area contributed by atoms with Crippen molar-refractivity contribution in [1.29, 1.82) is 0 Å². The molecule has 1 saturated heterocycles. The van der Waals surface area contributed by atoms with Gasteiger partial charge in [0.25, 0.3) is 0 Å². The molecule has 2 aromatic heterocycles. The lowest BCUT2D eigenvalue weighted by atomic mass is 10.3. The van der Waals surface area contributed by atoms with E-state index in [2.05, 4.69) is 19.5 Å². The van der Waals surface area contributed by atoms with E-state index >= 15 is 0 Å². The molecular weight excluding hydrogens is 240 g/mol. The molecule has 0 unspecified atom stereocenters. The first kappa shape index (κ1) is 10.4. The average Bonchev–Trinajstić information content (AvgIpc) is 2.96. The van der Waals surface area contributed by atoms with Crippen molar-refractivity contribution in [1.82, 2.24) is 19.5 Å². The van der Waals surface area contributed by atoms with Crippen LogP contribution in [0.4, 0.5) is 0 Å². The lowest BCUT2D eigenvalue weighted by molar-refractivity contribution is 0.654. The number of rotatable bonds is 2. The van der Waals surface area contributed by atoms with E-state index in [0.717, 1.165) is 16.2 Å². The topological polar surface area (TPSA) is 43.6 Å². The summed E-state index contributed by atoms with van der Waals surface area (Å²) >= 11 is 3.60. The zero-order valence-electron chi connectivity index (χ0n) is 8.96. The van der Waals surface area contributed by atoms with Crippen molar-refractivity contribution >= 4 is 34.7 Å². The first-order chi connectivity index (χ1) is 7.90. The van der Waals surface area contributed by atoms with Gasteiger partial charge in [-0.3, -0.25) is 0 Å². The molecule has 0 bridgehead atoms. The number of fused-ring (bicyclic) bond motifs is 1. The summed E-state index contributed by atoms with van der Waals surface area (Å²) in [4.78, 5) is 13.0. The number of hydrogen-bond acceptors (Lipinski definition) is 5. The van der Waals surface area contributed by atoms with Gasteiger partial charge in [0.15, 0.2) is 5.65 Å². The molecule has 0 aliphatic carbocycles. The summed E-state index contributed by atoms with van der Waals surface area (Å²) in [6.45, 7) is 0. The lowest BCUT2D eigenvalue weighted by Gasteiger charge is -2.10. The second kappa shape index (κ2) is 4.25. The van der Waals surface area contributed by atoms with Crippen LogP contribution in [-0.4, -0.2) is 31.5 Å². The molecule has 6 heteroatoms. The second-order valence-electron chi connectivity index (χ2n) is 3.67. The molecule has 0 saturated carbocycles. The van der Waals surface area contributed by atoms with Crippen molar-refractivity contribution in [2.24, 2.45) is 0 Å². The molecule has 16 heavy (non-hydrogen) atoms. The lowest BCUT2D eigenvalue weighted by Crippen LogP contribution is -2.01. The predicted molar refractivity (Wildman–Crippen MR) is 67.8 cm³/mol. The van der Waals surface area contributed by atoms with Gasteiger partial charge in [-0.05, 0) is 24.9 Å². The zero-order valence-corrected chi connectivity index (χ0v) is 10.6. The highest BCUT2D eigenvalue weighted by molar-refractivity contribution is 7.99. The van der Waals surface area contributed by atoms with E-state index in [9.17, 15) is 0 Å². The molecule has 84 valence electrons. The Labute approximate surface area is 102 Å². The third kappa shape index (κ3) is 1.60. The highest BCUT2D eigenvalue weighted by Crippen LogP contribution is 2.37. The Balaban J connectivity index is 2.12. The normalized spacial score (nSPS) is 20.7. The van der Waals surface area contributed by atoms with Gasteiger partial charge in [-0.25, -0.2) is 15.0 Å². The van der Waals surface area contributed by atoms with Crippen molar-refractivity contribution in [3.05, 3.63) is 12.7 Å². The Kier molecular flexibility index (Phi) is 2.77. The van der Waals surface area contributed by atoms with Crippen LogP contribution >= 0.6 is 23.5 Å². The van der Waals surface area contributed by atoms with E-state index < -0.39 is 0 Å². The molecular formula is C10H12N4S2. The summed E-state index contributed by atoms with van der Waals surface area (Å²) in [5.41, 5.74) is 1.90. The summed E-state index contributed by atoms with van der Waals surface area (Å²) in [7, 11) is 0. The van der Waals surface area contributed by atoms with Crippen LogP contribution in [0.25, 0.3) is 11.2 Å². The maximum Gasteiger partial charge on any atom is 0.165 e. The standard InChI is InChI=1S/C10H12N4S2/c1-15-10-8-9(11-5-12-10)14(6-13-8)7-3-2-4-16-7/h5-7H,2-4H2,1H3/t7-/m1/s1. The van der Waals surface area contributed by atoms with E-state index in [0.29, 0.717) is 5.37 Å². The number of imidazole rings is 1. The zero-order chi connectivity index (χ0) is 11.0. The molecule has 3 heterocycles. The Morgan fingerprint density at radius 1 is 1.44 bits per heavy atom. The van der Waals surface area contributed by atoms with Crippen LogP contribution in [0.3, 0.4) is 0 Å². The summed E-state index contributed by atoms with van der Waals surface area (Å²) in [5.74, 6) is 1.24. The smallest absolute Gasteiger partial charge is 0.165 e. The van der Waals surface area contributed by atoms with Crippen LogP contribution in [0.15, 0.2) is 17.7 Å². The Morgan fingerprint density at radius 3 is 3.12 bits per heavy atom. The van der Waals surface area contributed by atoms with Gasteiger partial charge in [-0.2, -0.15) is 0 Å². The molecule has 0 aromatic carbocycles.